The molecule has 7 nitrogen and oxygen atoms in total. The zero-order valence-electron chi connectivity index (χ0n) is 15.8. The van der Waals surface area contributed by atoms with Crippen molar-refractivity contribution >= 4 is 29.0 Å². The Morgan fingerprint density at radius 2 is 2.07 bits per heavy atom. The summed E-state index contributed by atoms with van der Waals surface area (Å²) in [5.41, 5.74) is 1.60. The molecule has 152 valence electrons. The van der Waals surface area contributed by atoms with Gasteiger partial charge in [0, 0.05) is 31.5 Å². The first kappa shape index (κ1) is 19.0. The number of imidazole rings is 1. The fraction of sp³-hybridized carbons (Fsp3) is 0.200. The van der Waals surface area contributed by atoms with E-state index < -0.39 is 0 Å². The molecule has 0 fully saturated rings. The lowest BCUT2D eigenvalue weighted by Crippen LogP contribution is -2.27. The van der Waals surface area contributed by atoms with Crippen molar-refractivity contribution in [3.05, 3.63) is 65.3 Å². The summed E-state index contributed by atoms with van der Waals surface area (Å²) in [5, 5.41) is 10.2. The maximum absolute atomic E-state index is 13.3. The molecule has 10 heteroatoms. The Kier molecular flexibility index (Phi) is 5.09. The molecule has 4 aromatic rings. The van der Waals surface area contributed by atoms with Crippen LogP contribution in [0.2, 0.25) is 0 Å². The van der Waals surface area contributed by atoms with Crippen molar-refractivity contribution in [2.75, 3.05) is 12.3 Å². The van der Waals surface area contributed by atoms with Gasteiger partial charge in [-0.05, 0) is 35.7 Å². The first-order valence-corrected chi connectivity index (χ1v) is 11.3. The Hall–Kier alpha value is -2.98. The maximum atomic E-state index is 13.3. The summed E-state index contributed by atoms with van der Waals surface area (Å²) >= 11 is 3.24. The van der Waals surface area contributed by atoms with Crippen LogP contribution in [0, 0.1) is 5.82 Å². The number of aromatic nitrogens is 5. The van der Waals surface area contributed by atoms with Crippen LogP contribution in [-0.2, 0) is 13.0 Å². The molecule has 0 unspecified atom stereocenters. The molecule has 5 rings (SSSR count). The van der Waals surface area contributed by atoms with Crippen LogP contribution < -0.4 is 5.32 Å². The average Bonchev–Trinajstić information content (AvgIpc) is 3.51. The number of hydrogen-bond acceptors (Lipinski definition) is 6. The normalized spacial score (nSPS) is 12.8. The van der Waals surface area contributed by atoms with Gasteiger partial charge in [-0.25, -0.2) is 19.0 Å². The standard InChI is InChI=1S/C20H17FN6OS2/c21-13-3-5-15(6-4-13)27-18(16-2-1-10-29-16)24-17(25-27)19(28)22-8-7-14-12-26-9-11-30-20(26)23-14/h1-6,10,12H,7-9,11H2,(H,22,28). The summed E-state index contributed by atoms with van der Waals surface area (Å²) in [6.07, 6.45) is 2.68. The highest BCUT2D eigenvalue weighted by Gasteiger charge is 2.20. The molecule has 0 bridgehead atoms. The van der Waals surface area contributed by atoms with Gasteiger partial charge in [0.1, 0.15) is 5.82 Å². The molecule has 1 amide bonds. The highest BCUT2D eigenvalue weighted by Crippen LogP contribution is 2.26. The van der Waals surface area contributed by atoms with Crippen LogP contribution in [0.3, 0.4) is 0 Å². The average molecular weight is 441 g/mol. The van der Waals surface area contributed by atoms with Gasteiger partial charge in [0.05, 0.1) is 16.3 Å². The summed E-state index contributed by atoms with van der Waals surface area (Å²) in [4.78, 5) is 22.6. The molecule has 0 saturated heterocycles. The second-order valence-electron chi connectivity index (χ2n) is 6.69. The van der Waals surface area contributed by atoms with E-state index in [1.807, 2.05) is 23.7 Å². The number of halogens is 1. The van der Waals surface area contributed by atoms with E-state index in [-0.39, 0.29) is 17.5 Å². The van der Waals surface area contributed by atoms with E-state index in [0.717, 1.165) is 28.0 Å². The van der Waals surface area contributed by atoms with Gasteiger partial charge in [0.15, 0.2) is 11.0 Å². The van der Waals surface area contributed by atoms with Gasteiger partial charge in [-0.3, -0.25) is 4.79 Å². The van der Waals surface area contributed by atoms with E-state index in [1.165, 1.54) is 23.5 Å². The number of thiophene rings is 1. The Morgan fingerprint density at radius 1 is 1.20 bits per heavy atom. The third-order valence-electron chi connectivity index (χ3n) is 4.64. The topological polar surface area (TPSA) is 77.6 Å². The van der Waals surface area contributed by atoms with Crippen LogP contribution >= 0.6 is 23.1 Å². The van der Waals surface area contributed by atoms with Gasteiger partial charge in [0.2, 0.25) is 5.82 Å². The lowest BCUT2D eigenvalue weighted by atomic mass is 10.3. The third kappa shape index (κ3) is 3.75. The predicted octanol–water partition coefficient (Wildman–Crippen LogP) is 3.41. The van der Waals surface area contributed by atoms with E-state index >= 15 is 0 Å². The molecule has 1 aliphatic rings. The molecule has 0 atom stereocenters. The highest BCUT2D eigenvalue weighted by atomic mass is 32.2. The minimum absolute atomic E-state index is 0.0746. The van der Waals surface area contributed by atoms with Crippen molar-refractivity contribution in [1.29, 1.82) is 0 Å². The molecular formula is C20H17FN6OS2. The van der Waals surface area contributed by atoms with E-state index in [9.17, 15) is 9.18 Å². The molecule has 1 aromatic carbocycles. The Labute approximate surface area is 180 Å². The number of carbonyl (C=O) groups excluding carboxylic acids is 1. The summed E-state index contributed by atoms with van der Waals surface area (Å²) < 4.78 is 17.0. The number of thioether (sulfide) groups is 1. The first-order valence-electron chi connectivity index (χ1n) is 9.41. The van der Waals surface area contributed by atoms with Crippen molar-refractivity contribution in [2.24, 2.45) is 0 Å². The van der Waals surface area contributed by atoms with Crippen LogP contribution in [0.1, 0.15) is 16.3 Å². The fourth-order valence-corrected chi connectivity index (χ4v) is 4.86. The number of nitrogens with zero attached hydrogens (tertiary/aromatic N) is 5. The van der Waals surface area contributed by atoms with Gasteiger partial charge >= 0.3 is 0 Å². The quantitative estimate of drug-likeness (QED) is 0.497. The molecular weight excluding hydrogens is 423 g/mol. The predicted molar refractivity (Wildman–Crippen MR) is 114 cm³/mol. The van der Waals surface area contributed by atoms with E-state index in [4.69, 9.17) is 0 Å². The molecule has 3 aromatic heterocycles. The molecule has 0 radical (unpaired) electrons. The fourth-order valence-electron chi connectivity index (χ4n) is 3.20. The number of rotatable bonds is 6. The highest BCUT2D eigenvalue weighted by molar-refractivity contribution is 7.99. The monoisotopic (exact) mass is 440 g/mol. The van der Waals surface area contributed by atoms with Crippen LogP contribution in [0.25, 0.3) is 16.4 Å². The molecule has 30 heavy (non-hydrogen) atoms. The van der Waals surface area contributed by atoms with Crippen molar-refractivity contribution < 1.29 is 9.18 Å². The van der Waals surface area contributed by atoms with Gasteiger partial charge in [-0.2, -0.15) is 0 Å². The number of fused-ring (bicyclic) bond motifs is 1. The van der Waals surface area contributed by atoms with Crippen molar-refractivity contribution in [3.63, 3.8) is 0 Å². The van der Waals surface area contributed by atoms with Gasteiger partial charge in [0.25, 0.3) is 5.91 Å². The minimum atomic E-state index is -0.352. The third-order valence-corrected chi connectivity index (χ3v) is 6.48. The number of nitrogens with one attached hydrogen (secondary N) is 1. The zero-order valence-corrected chi connectivity index (χ0v) is 17.4. The molecule has 0 spiro atoms. The van der Waals surface area contributed by atoms with Crippen LogP contribution in [0.15, 0.2) is 53.1 Å². The summed E-state index contributed by atoms with van der Waals surface area (Å²) in [6.45, 7) is 1.43. The van der Waals surface area contributed by atoms with Crippen LogP contribution in [-0.4, -0.2) is 42.5 Å². The SMILES string of the molecule is O=C(NCCc1cn2c(n1)SCC2)c1nc(-c2cccs2)n(-c2ccc(F)cc2)n1. The Bertz CT molecular complexity index is 1160. The van der Waals surface area contributed by atoms with Crippen molar-refractivity contribution in [2.45, 2.75) is 18.1 Å². The second-order valence-corrected chi connectivity index (χ2v) is 8.70. The minimum Gasteiger partial charge on any atom is -0.349 e. The molecule has 1 N–H and O–H groups in total. The molecule has 1 aliphatic heterocycles. The summed E-state index contributed by atoms with van der Waals surface area (Å²) in [7, 11) is 0. The second kappa shape index (κ2) is 8.04. The Balaban J connectivity index is 1.33. The van der Waals surface area contributed by atoms with Crippen molar-refractivity contribution in [3.8, 4) is 16.4 Å². The number of carbonyl (C=O) groups is 1. The van der Waals surface area contributed by atoms with Crippen molar-refractivity contribution in [1.82, 2.24) is 29.6 Å². The zero-order chi connectivity index (χ0) is 20.5. The van der Waals surface area contributed by atoms with E-state index in [1.54, 1.807) is 28.6 Å². The lowest BCUT2D eigenvalue weighted by Gasteiger charge is -2.04. The van der Waals surface area contributed by atoms with Crippen LogP contribution in [0.5, 0.6) is 0 Å². The maximum Gasteiger partial charge on any atom is 0.291 e. The molecule has 0 aliphatic carbocycles. The van der Waals surface area contributed by atoms with E-state index in [0.29, 0.717) is 24.5 Å². The van der Waals surface area contributed by atoms with Gasteiger partial charge in [-0.15, -0.1) is 16.4 Å². The lowest BCUT2D eigenvalue weighted by molar-refractivity contribution is 0.0944. The first-order chi connectivity index (χ1) is 14.7. The van der Waals surface area contributed by atoms with Gasteiger partial charge in [-0.1, -0.05) is 17.8 Å². The molecule has 0 saturated carbocycles. The number of hydrogen-bond donors (Lipinski definition) is 1. The van der Waals surface area contributed by atoms with Gasteiger partial charge < -0.3 is 9.88 Å². The number of amides is 1. The summed E-state index contributed by atoms with van der Waals surface area (Å²) in [6, 6.07) is 9.75. The smallest absolute Gasteiger partial charge is 0.291 e. The molecule has 4 heterocycles. The number of aryl methyl sites for hydroxylation is 1. The largest absolute Gasteiger partial charge is 0.349 e. The summed E-state index contributed by atoms with van der Waals surface area (Å²) in [5.74, 6) is 0.997. The number of benzene rings is 1. The Morgan fingerprint density at radius 3 is 2.83 bits per heavy atom. The van der Waals surface area contributed by atoms with Crippen LogP contribution in [0.4, 0.5) is 4.39 Å². The van der Waals surface area contributed by atoms with E-state index in [2.05, 4.69) is 25.0 Å².